The molecule has 0 aliphatic carbocycles. The second-order valence-electron chi connectivity index (χ2n) is 3.86. The van der Waals surface area contributed by atoms with Crippen molar-refractivity contribution in [1.29, 1.82) is 0 Å². The first-order valence-electron chi connectivity index (χ1n) is 5.23. The highest BCUT2D eigenvalue weighted by Crippen LogP contribution is 2.28. The Morgan fingerprint density at radius 1 is 1.32 bits per heavy atom. The molecule has 2 rings (SSSR count). The molecule has 0 unspecified atom stereocenters. The number of benzene rings is 1. The van der Waals surface area contributed by atoms with E-state index < -0.39 is 11.9 Å². The molecule has 2 aromatic rings. The van der Waals surface area contributed by atoms with Gasteiger partial charge < -0.3 is 0 Å². The zero-order chi connectivity index (χ0) is 14.2. The van der Waals surface area contributed by atoms with Crippen LogP contribution in [0.15, 0.2) is 34.9 Å². The molecule has 1 aromatic heterocycles. The van der Waals surface area contributed by atoms with E-state index in [9.17, 15) is 18.0 Å². The van der Waals surface area contributed by atoms with Gasteiger partial charge in [-0.1, -0.05) is 15.9 Å². The average molecular weight is 333 g/mol. The molecule has 100 valence electrons. The minimum atomic E-state index is -4.50. The number of halogens is 4. The highest BCUT2D eigenvalue weighted by Gasteiger charge is 2.33. The number of aromatic nitrogens is 2. The number of nitrogens with zero attached hydrogens (tertiary/aromatic N) is 2. The standard InChI is InChI=1S/C12H8BrF3N2O/c1-7(19)9-6-8(13)2-3-10(9)18-5-4-11(17-18)12(14,15)16/h2-6H,1H3. The lowest BCUT2D eigenvalue weighted by molar-refractivity contribution is -0.141. The number of alkyl halides is 3. The van der Waals surface area contributed by atoms with Gasteiger partial charge in [0.2, 0.25) is 0 Å². The Balaban J connectivity index is 2.53. The van der Waals surface area contributed by atoms with Gasteiger partial charge in [0, 0.05) is 16.2 Å². The van der Waals surface area contributed by atoms with E-state index in [1.54, 1.807) is 12.1 Å². The molecule has 0 fully saturated rings. The summed E-state index contributed by atoms with van der Waals surface area (Å²) >= 11 is 3.21. The Kier molecular flexibility index (Phi) is 3.49. The summed E-state index contributed by atoms with van der Waals surface area (Å²) < 4.78 is 39.2. The minimum Gasteiger partial charge on any atom is -0.294 e. The summed E-state index contributed by atoms with van der Waals surface area (Å²) in [5.41, 5.74) is -0.387. The van der Waals surface area contributed by atoms with Gasteiger partial charge in [0.15, 0.2) is 11.5 Å². The van der Waals surface area contributed by atoms with Crippen LogP contribution in [0.2, 0.25) is 0 Å². The van der Waals surface area contributed by atoms with Crippen molar-refractivity contribution < 1.29 is 18.0 Å². The number of carbonyl (C=O) groups is 1. The minimum absolute atomic E-state index is 0.250. The van der Waals surface area contributed by atoms with Gasteiger partial charge in [-0.15, -0.1) is 0 Å². The number of hydrogen-bond acceptors (Lipinski definition) is 2. The zero-order valence-electron chi connectivity index (χ0n) is 9.70. The van der Waals surface area contributed by atoms with Crippen LogP contribution in [0.5, 0.6) is 0 Å². The van der Waals surface area contributed by atoms with Gasteiger partial charge in [0.05, 0.1) is 5.69 Å². The van der Waals surface area contributed by atoms with Gasteiger partial charge >= 0.3 is 6.18 Å². The fraction of sp³-hybridized carbons (Fsp3) is 0.167. The second-order valence-corrected chi connectivity index (χ2v) is 4.78. The fourth-order valence-corrected chi connectivity index (χ4v) is 1.96. The molecule has 19 heavy (non-hydrogen) atoms. The molecule has 0 aliphatic heterocycles. The average Bonchev–Trinajstić information content (AvgIpc) is 2.77. The van der Waals surface area contributed by atoms with E-state index in [1.807, 2.05) is 0 Å². The van der Waals surface area contributed by atoms with Crippen LogP contribution in [0.3, 0.4) is 0 Å². The van der Waals surface area contributed by atoms with Crippen LogP contribution in [0.1, 0.15) is 23.0 Å². The van der Waals surface area contributed by atoms with E-state index in [1.165, 1.54) is 19.2 Å². The Morgan fingerprint density at radius 3 is 2.53 bits per heavy atom. The van der Waals surface area contributed by atoms with Crippen molar-refractivity contribution >= 4 is 21.7 Å². The predicted molar refractivity (Wildman–Crippen MR) is 66.3 cm³/mol. The summed E-state index contributed by atoms with van der Waals surface area (Å²) in [5.74, 6) is -0.250. The molecule has 0 bridgehead atoms. The molecule has 0 spiro atoms. The van der Waals surface area contributed by atoms with Crippen molar-refractivity contribution in [2.45, 2.75) is 13.1 Å². The molecule has 7 heteroatoms. The van der Waals surface area contributed by atoms with E-state index in [0.717, 1.165) is 10.7 Å². The van der Waals surface area contributed by atoms with E-state index in [-0.39, 0.29) is 5.78 Å². The smallest absolute Gasteiger partial charge is 0.294 e. The Morgan fingerprint density at radius 2 is 2.00 bits per heavy atom. The van der Waals surface area contributed by atoms with Crippen molar-refractivity contribution in [3.8, 4) is 5.69 Å². The Bertz CT molecular complexity index is 634. The summed E-state index contributed by atoms with van der Waals surface area (Å²) in [6, 6.07) is 5.59. The quantitative estimate of drug-likeness (QED) is 0.783. The predicted octanol–water partition coefficient (Wildman–Crippen LogP) is 3.86. The maximum Gasteiger partial charge on any atom is 0.435 e. The largest absolute Gasteiger partial charge is 0.435 e. The summed E-state index contributed by atoms with van der Waals surface area (Å²) in [7, 11) is 0. The van der Waals surface area contributed by atoms with Crippen LogP contribution < -0.4 is 0 Å². The number of rotatable bonds is 2. The maximum absolute atomic E-state index is 12.5. The van der Waals surface area contributed by atoms with E-state index >= 15 is 0 Å². The molecular formula is C12H8BrF3N2O. The van der Waals surface area contributed by atoms with E-state index in [2.05, 4.69) is 21.0 Å². The number of carbonyl (C=O) groups excluding carboxylic acids is 1. The Hall–Kier alpha value is -1.63. The first kappa shape index (κ1) is 13.8. The van der Waals surface area contributed by atoms with Crippen LogP contribution >= 0.6 is 15.9 Å². The summed E-state index contributed by atoms with van der Waals surface area (Å²) in [4.78, 5) is 11.5. The monoisotopic (exact) mass is 332 g/mol. The van der Waals surface area contributed by atoms with Gasteiger partial charge in [-0.25, -0.2) is 4.68 Å². The molecular weight excluding hydrogens is 325 g/mol. The van der Waals surface area contributed by atoms with Crippen molar-refractivity contribution in [2.24, 2.45) is 0 Å². The van der Waals surface area contributed by atoms with Crippen LogP contribution in [0.25, 0.3) is 5.69 Å². The van der Waals surface area contributed by atoms with E-state index in [0.29, 0.717) is 15.7 Å². The lowest BCUT2D eigenvalue weighted by atomic mass is 10.1. The van der Waals surface area contributed by atoms with Crippen LogP contribution in [-0.4, -0.2) is 15.6 Å². The fourth-order valence-electron chi connectivity index (χ4n) is 1.60. The molecule has 0 saturated heterocycles. The lowest BCUT2D eigenvalue weighted by Gasteiger charge is -2.08. The highest BCUT2D eigenvalue weighted by atomic mass is 79.9. The van der Waals surface area contributed by atoms with Crippen molar-refractivity contribution in [1.82, 2.24) is 9.78 Å². The molecule has 0 saturated carbocycles. The lowest BCUT2D eigenvalue weighted by Crippen LogP contribution is -2.09. The molecule has 0 aliphatic rings. The second kappa shape index (κ2) is 4.80. The van der Waals surface area contributed by atoms with Gasteiger partial charge in [0.25, 0.3) is 0 Å². The molecule has 1 aromatic carbocycles. The third-order valence-corrected chi connectivity index (χ3v) is 2.96. The topological polar surface area (TPSA) is 34.9 Å². The van der Waals surface area contributed by atoms with Gasteiger partial charge in [-0.2, -0.15) is 18.3 Å². The molecule has 0 atom stereocenters. The third-order valence-electron chi connectivity index (χ3n) is 2.46. The highest BCUT2D eigenvalue weighted by molar-refractivity contribution is 9.10. The summed E-state index contributed by atoms with van der Waals surface area (Å²) in [6.45, 7) is 1.35. The Labute approximate surface area is 115 Å². The van der Waals surface area contributed by atoms with Crippen molar-refractivity contribution in [2.75, 3.05) is 0 Å². The number of Topliss-reactive ketones (excluding diaryl/α,β-unsaturated/α-hetero) is 1. The summed E-state index contributed by atoms with van der Waals surface area (Å²) in [6.07, 6.45) is -3.32. The van der Waals surface area contributed by atoms with Gasteiger partial charge in [0.1, 0.15) is 0 Å². The van der Waals surface area contributed by atoms with Crippen molar-refractivity contribution in [3.63, 3.8) is 0 Å². The van der Waals surface area contributed by atoms with Crippen LogP contribution in [-0.2, 0) is 6.18 Å². The zero-order valence-corrected chi connectivity index (χ0v) is 11.3. The van der Waals surface area contributed by atoms with E-state index in [4.69, 9.17) is 0 Å². The third kappa shape index (κ3) is 2.86. The molecule has 0 radical (unpaired) electrons. The van der Waals surface area contributed by atoms with Crippen LogP contribution in [0.4, 0.5) is 13.2 Å². The SMILES string of the molecule is CC(=O)c1cc(Br)ccc1-n1ccc(C(F)(F)F)n1. The normalized spacial score (nSPS) is 11.6. The van der Waals surface area contributed by atoms with Crippen LogP contribution in [0, 0.1) is 0 Å². The number of ketones is 1. The maximum atomic E-state index is 12.5. The number of hydrogen-bond donors (Lipinski definition) is 0. The van der Waals surface area contributed by atoms with Crippen molar-refractivity contribution in [3.05, 3.63) is 46.2 Å². The molecule has 1 heterocycles. The first-order valence-corrected chi connectivity index (χ1v) is 6.02. The summed E-state index contributed by atoms with van der Waals surface area (Å²) in [5, 5.41) is 3.45. The first-order chi connectivity index (χ1) is 8.79. The molecule has 0 amide bonds. The van der Waals surface area contributed by atoms with Gasteiger partial charge in [-0.05, 0) is 31.2 Å². The molecule has 3 nitrogen and oxygen atoms in total. The van der Waals surface area contributed by atoms with Gasteiger partial charge in [-0.3, -0.25) is 4.79 Å². The molecule has 0 N–H and O–H groups in total.